The molecule has 2 aliphatic rings. The summed E-state index contributed by atoms with van der Waals surface area (Å²) in [6, 6.07) is 0. The van der Waals surface area contributed by atoms with Crippen molar-refractivity contribution < 1.29 is 13.6 Å². The second-order valence-corrected chi connectivity index (χ2v) is 8.50. The summed E-state index contributed by atoms with van der Waals surface area (Å²) in [7, 11) is 0. The van der Waals surface area contributed by atoms with Gasteiger partial charge in [0.2, 0.25) is 0 Å². The van der Waals surface area contributed by atoms with E-state index in [0.29, 0.717) is 6.29 Å². The molecule has 0 N–H and O–H groups in total. The number of aromatic nitrogens is 4. The zero-order valence-corrected chi connectivity index (χ0v) is 15.9. The van der Waals surface area contributed by atoms with Gasteiger partial charge in [-0.2, -0.15) is 0 Å². The Morgan fingerprint density at radius 2 is 1.42 bits per heavy atom. The molecule has 0 saturated heterocycles. The fraction of sp³-hybridized carbons (Fsp3) is 0.684. The average Bonchev–Trinajstić information content (AvgIpc) is 3.19. The number of rotatable bonds is 4. The second-order valence-electron chi connectivity index (χ2n) is 8.50. The van der Waals surface area contributed by atoms with Gasteiger partial charge in [-0.15, -0.1) is 9.13 Å². The minimum atomic E-state index is 0.205. The van der Waals surface area contributed by atoms with Crippen molar-refractivity contribution in [3.8, 4) is 0 Å². The first-order chi connectivity index (χ1) is 11.4. The quantitative estimate of drug-likeness (QED) is 0.605. The monoisotopic (exact) mass is 330 g/mol. The molecule has 5 nitrogen and oxygen atoms in total. The Labute approximate surface area is 145 Å². The van der Waals surface area contributed by atoms with Gasteiger partial charge in [0.25, 0.3) is 0 Å². The molecule has 2 aromatic rings. The molecular formula is C19H32N5+3. The van der Waals surface area contributed by atoms with Crippen molar-refractivity contribution in [1.82, 2.24) is 9.13 Å². The first-order valence-corrected chi connectivity index (χ1v) is 9.48. The molecular weight excluding hydrogens is 298 g/mol. The van der Waals surface area contributed by atoms with E-state index in [1.165, 1.54) is 24.5 Å². The lowest BCUT2D eigenvalue weighted by atomic mass is 10.0. The van der Waals surface area contributed by atoms with Gasteiger partial charge in [0, 0.05) is 0 Å². The molecule has 0 aliphatic carbocycles. The molecule has 24 heavy (non-hydrogen) atoms. The van der Waals surface area contributed by atoms with Crippen molar-refractivity contribution in [2.24, 2.45) is 0 Å². The molecule has 0 fully saturated rings. The van der Waals surface area contributed by atoms with E-state index in [-0.39, 0.29) is 5.54 Å². The lowest BCUT2D eigenvalue weighted by Gasteiger charge is -2.40. The van der Waals surface area contributed by atoms with E-state index in [1.807, 2.05) is 0 Å². The number of quaternary nitrogens is 1. The molecule has 0 saturated carbocycles. The zero-order valence-electron chi connectivity index (χ0n) is 15.9. The maximum Gasteiger partial charge on any atom is 0.381 e. The molecule has 4 rings (SSSR count). The van der Waals surface area contributed by atoms with Crippen LogP contribution in [0.3, 0.4) is 0 Å². The first-order valence-electron chi connectivity index (χ1n) is 9.48. The zero-order chi connectivity index (χ0) is 17.1. The molecule has 4 heterocycles. The van der Waals surface area contributed by atoms with Crippen LogP contribution in [0.1, 0.15) is 65.4 Å². The smallest absolute Gasteiger partial charge is 0.229 e. The first kappa shape index (κ1) is 15.9. The van der Waals surface area contributed by atoms with Crippen molar-refractivity contribution in [1.29, 1.82) is 0 Å². The number of hydrogen-bond acceptors (Lipinski definition) is 0. The van der Waals surface area contributed by atoms with E-state index in [4.69, 9.17) is 0 Å². The van der Waals surface area contributed by atoms with Gasteiger partial charge in [-0.3, -0.25) is 0 Å². The number of aryl methyl sites for hydroxylation is 2. The van der Waals surface area contributed by atoms with Crippen LogP contribution in [0.4, 0.5) is 0 Å². The summed E-state index contributed by atoms with van der Waals surface area (Å²) in [5.41, 5.74) is 0.205. The van der Waals surface area contributed by atoms with Crippen LogP contribution in [0.2, 0.25) is 0 Å². The van der Waals surface area contributed by atoms with Crippen molar-refractivity contribution in [3.05, 3.63) is 36.4 Å². The van der Waals surface area contributed by atoms with E-state index in [0.717, 1.165) is 30.7 Å². The van der Waals surface area contributed by atoms with Gasteiger partial charge in [0.15, 0.2) is 13.1 Å². The summed E-state index contributed by atoms with van der Waals surface area (Å²) in [4.78, 5) is 0. The van der Waals surface area contributed by atoms with Gasteiger partial charge in [-0.05, 0) is 33.6 Å². The van der Waals surface area contributed by atoms with Crippen molar-refractivity contribution in [3.63, 3.8) is 0 Å². The maximum atomic E-state index is 2.54. The van der Waals surface area contributed by atoms with Crippen LogP contribution in [0.25, 0.3) is 0 Å². The van der Waals surface area contributed by atoms with E-state index in [2.05, 4.69) is 77.7 Å². The standard InChI is InChI=1S/C19H32N5/c1-6-8-20-10-12-22-16(20)14-24(19(3,4)5)15-17-21(9-7-2)11-13-23(17)18(22)24/h10-13,18H,6-9,14-15H2,1-5H3/q+3. The molecule has 0 atom stereocenters. The van der Waals surface area contributed by atoms with Gasteiger partial charge in [-0.1, -0.05) is 13.8 Å². The molecule has 0 unspecified atom stereocenters. The number of hydrogen-bond donors (Lipinski definition) is 0. The van der Waals surface area contributed by atoms with Gasteiger partial charge < -0.3 is 0 Å². The van der Waals surface area contributed by atoms with Crippen LogP contribution in [0.15, 0.2) is 24.8 Å². The number of nitrogens with zero attached hydrogens (tertiary/aromatic N) is 5. The minimum Gasteiger partial charge on any atom is -0.229 e. The molecule has 0 bridgehead atoms. The summed E-state index contributed by atoms with van der Waals surface area (Å²) in [5.74, 6) is 2.97. The summed E-state index contributed by atoms with van der Waals surface area (Å²) in [5, 5.41) is 0. The van der Waals surface area contributed by atoms with Crippen LogP contribution in [0.5, 0.6) is 0 Å². The van der Waals surface area contributed by atoms with Crippen LogP contribution < -0.4 is 9.13 Å². The molecule has 0 aromatic carbocycles. The Bertz CT molecular complexity index is 707. The van der Waals surface area contributed by atoms with Crippen LogP contribution in [-0.4, -0.2) is 19.2 Å². The highest BCUT2D eigenvalue weighted by Gasteiger charge is 2.67. The Kier molecular flexibility index (Phi) is 3.43. The predicted octanol–water partition coefficient (Wildman–Crippen LogP) is 2.33. The summed E-state index contributed by atoms with van der Waals surface area (Å²) in [6.45, 7) is 16.2. The fourth-order valence-corrected chi connectivity index (χ4v) is 4.75. The SMILES string of the molecule is CCC[n+]1ccn2c1C[N+]1(C(C)(C)C)Cc3n(cc[n+]3CCC)C21. The average molecular weight is 331 g/mol. The molecule has 0 spiro atoms. The van der Waals surface area contributed by atoms with E-state index in [9.17, 15) is 0 Å². The summed E-state index contributed by atoms with van der Waals surface area (Å²) in [6.07, 6.45) is 11.9. The Balaban J connectivity index is 1.86. The normalized spacial score (nSPS) is 25.0. The highest BCUT2D eigenvalue weighted by molar-refractivity contribution is 5.00. The number of fused-ring (bicyclic) bond motifs is 5. The Hall–Kier alpha value is -1.62. The second kappa shape index (κ2) is 5.19. The van der Waals surface area contributed by atoms with E-state index >= 15 is 0 Å². The lowest BCUT2D eigenvalue weighted by molar-refractivity contribution is -1.02. The third-order valence-corrected chi connectivity index (χ3v) is 6.13. The van der Waals surface area contributed by atoms with Gasteiger partial charge in [0.1, 0.15) is 24.8 Å². The van der Waals surface area contributed by atoms with Crippen molar-refractivity contribution in [2.45, 2.75) is 85.5 Å². The summed E-state index contributed by atoms with van der Waals surface area (Å²) < 4.78 is 11.1. The van der Waals surface area contributed by atoms with Crippen LogP contribution in [-0.2, 0) is 26.2 Å². The molecule has 2 aromatic heterocycles. The maximum absolute atomic E-state index is 2.54. The van der Waals surface area contributed by atoms with Gasteiger partial charge in [0.05, 0.1) is 18.6 Å². The molecule has 5 heteroatoms. The predicted molar refractivity (Wildman–Crippen MR) is 91.7 cm³/mol. The third kappa shape index (κ3) is 1.91. The highest BCUT2D eigenvalue weighted by Crippen LogP contribution is 2.48. The van der Waals surface area contributed by atoms with Gasteiger partial charge in [-0.25, -0.2) is 13.6 Å². The molecule has 0 amide bonds. The van der Waals surface area contributed by atoms with Gasteiger partial charge >= 0.3 is 17.9 Å². The fourth-order valence-electron chi connectivity index (χ4n) is 4.75. The Morgan fingerprint density at radius 3 is 1.79 bits per heavy atom. The van der Waals surface area contributed by atoms with E-state index < -0.39 is 0 Å². The largest absolute Gasteiger partial charge is 0.381 e. The molecule has 130 valence electrons. The minimum absolute atomic E-state index is 0.205. The van der Waals surface area contributed by atoms with Crippen LogP contribution >= 0.6 is 0 Å². The molecule has 2 aliphatic heterocycles. The van der Waals surface area contributed by atoms with Crippen molar-refractivity contribution in [2.75, 3.05) is 0 Å². The van der Waals surface area contributed by atoms with E-state index in [1.54, 1.807) is 0 Å². The highest BCUT2D eigenvalue weighted by atomic mass is 15.7. The summed E-state index contributed by atoms with van der Waals surface area (Å²) >= 11 is 0. The number of imidazole rings is 2. The Morgan fingerprint density at radius 1 is 0.958 bits per heavy atom. The topological polar surface area (TPSA) is 17.6 Å². The molecule has 0 radical (unpaired) electrons. The third-order valence-electron chi connectivity index (χ3n) is 6.13. The van der Waals surface area contributed by atoms with Crippen molar-refractivity contribution >= 4 is 0 Å². The van der Waals surface area contributed by atoms with Crippen LogP contribution in [0, 0.1) is 0 Å². The lowest BCUT2D eigenvalue weighted by Crippen LogP contribution is -2.58.